The summed E-state index contributed by atoms with van der Waals surface area (Å²) in [5, 5.41) is 10.8. The van der Waals surface area contributed by atoms with Crippen molar-refractivity contribution in [3.63, 3.8) is 0 Å². The van der Waals surface area contributed by atoms with Gasteiger partial charge in [-0.15, -0.1) is 11.3 Å². The lowest BCUT2D eigenvalue weighted by Gasteiger charge is -2.26. The number of aromatic nitrogens is 1. The number of thiazole rings is 1. The topological polar surface area (TPSA) is 50.2 Å². The molecule has 1 aromatic heterocycles. The molecule has 21 heavy (non-hydrogen) atoms. The molecule has 110 valence electrons. The minimum absolute atomic E-state index is 0.0962. The first-order chi connectivity index (χ1) is 9.79. The summed E-state index contributed by atoms with van der Waals surface area (Å²) in [5.74, 6) is 0.271. The van der Waals surface area contributed by atoms with Crippen LogP contribution in [-0.4, -0.2) is 15.9 Å². The monoisotopic (exact) mass is 321 g/mol. The molecule has 1 N–H and O–H groups in total. The number of halogens is 1. The highest BCUT2D eigenvalue weighted by molar-refractivity contribution is 7.17. The van der Waals surface area contributed by atoms with E-state index in [4.69, 9.17) is 11.6 Å². The molecule has 0 radical (unpaired) electrons. The first kappa shape index (κ1) is 14.5. The lowest BCUT2D eigenvalue weighted by Crippen LogP contribution is -2.29. The highest BCUT2D eigenvalue weighted by Crippen LogP contribution is 2.41. The number of benzene rings is 1. The molecule has 2 aromatic rings. The van der Waals surface area contributed by atoms with Crippen LogP contribution in [0.15, 0.2) is 12.1 Å². The van der Waals surface area contributed by atoms with Gasteiger partial charge in [0.2, 0.25) is 0 Å². The number of fused-ring (bicyclic) bond motifs is 1. The van der Waals surface area contributed by atoms with Crippen LogP contribution in [-0.2, 0) is 6.42 Å². The van der Waals surface area contributed by atoms with Gasteiger partial charge in [0.05, 0.1) is 15.6 Å². The number of Topliss-reactive ketones (excluding diaryl/α,β-unsaturated/α-hetero) is 1. The number of hydrogen-bond acceptors (Lipinski definition) is 4. The standard InChI is InChI=1S/C16H16ClNO2S/c1-8-6-9(7-10(17)12(8)19)15-18-11-4-5-16(2,3)14(20)13(11)21-15/h6-7,19H,4-5H2,1-3H3. The molecule has 0 spiro atoms. The Morgan fingerprint density at radius 2 is 2.10 bits per heavy atom. The van der Waals surface area contributed by atoms with Gasteiger partial charge in [0.15, 0.2) is 5.78 Å². The number of carbonyl (C=O) groups is 1. The zero-order valence-electron chi connectivity index (χ0n) is 12.2. The first-order valence-electron chi connectivity index (χ1n) is 6.83. The normalized spacial score (nSPS) is 16.9. The van der Waals surface area contributed by atoms with Crippen LogP contribution in [0.2, 0.25) is 5.02 Å². The van der Waals surface area contributed by atoms with E-state index in [1.54, 1.807) is 13.0 Å². The Balaban J connectivity index is 2.09. The fraction of sp³-hybridized carbons (Fsp3) is 0.375. The van der Waals surface area contributed by atoms with Crippen molar-refractivity contribution < 1.29 is 9.90 Å². The van der Waals surface area contributed by atoms with Crippen molar-refractivity contribution in [3.05, 3.63) is 33.3 Å². The maximum Gasteiger partial charge on any atom is 0.180 e. The van der Waals surface area contributed by atoms with E-state index in [-0.39, 0.29) is 16.9 Å². The van der Waals surface area contributed by atoms with Crippen molar-refractivity contribution in [2.45, 2.75) is 33.6 Å². The molecule has 5 heteroatoms. The van der Waals surface area contributed by atoms with Crippen LogP contribution in [0.4, 0.5) is 0 Å². The predicted octanol–water partition coefficient (Wildman–Crippen LogP) is 4.63. The van der Waals surface area contributed by atoms with Gasteiger partial charge >= 0.3 is 0 Å². The average molecular weight is 322 g/mol. The van der Waals surface area contributed by atoms with E-state index in [1.807, 2.05) is 19.9 Å². The zero-order valence-corrected chi connectivity index (χ0v) is 13.7. The van der Waals surface area contributed by atoms with E-state index >= 15 is 0 Å². The van der Waals surface area contributed by atoms with Gasteiger partial charge in [-0.25, -0.2) is 4.98 Å². The maximum atomic E-state index is 12.5. The van der Waals surface area contributed by atoms with E-state index in [9.17, 15) is 9.90 Å². The fourth-order valence-electron chi connectivity index (χ4n) is 2.53. The Kier molecular flexibility index (Phi) is 3.34. The molecule has 0 fully saturated rings. The Hall–Kier alpha value is -1.39. The molecule has 1 aliphatic carbocycles. The number of rotatable bonds is 1. The first-order valence-corrected chi connectivity index (χ1v) is 8.03. The summed E-state index contributed by atoms with van der Waals surface area (Å²) in [7, 11) is 0. The third-order valence-corrected chi connectivity index (χ3v) is 5.44. The van der Waals surface area contributed by atoms with E-state index in [2.05, 4.69) is 4.98 Å². The Bertz CT molecular complexity index is 726. The van der Waals surface area contributed by atoms with E-state index < -0.39 is 0 Å². The third kappa shape index (κ3) is 2.36. The Morgan fingerprint density at radius 1 is 1.38 bits per heavy atom. The van der Waals surface area contributed by atoms with Crippen LogP contribution in [0.5, 0.6) is 5.75 Å². The second kappa shape index (κ2) is 4.82. The number of hydrogen-bond donors (Lipinski definition) is 1. The van der Waals surface area contributed by atoms with Crippen LogP contribution in [0.25, 0.3) is 10.6 Å². The van der Waals surface area contributed by atoms with Gasteiger partial charge < -0.3 is 5.11 Å². The second-order valence-corrected chi connectivity index (χ2v) is 7.54. The molecule has 3 nitrogen and oxygen atoms in total. The Labute approximate surface area is 132 Å². The van der Waals surface area contributed by atoms with E-state index in [0.29, 0.717) is 10.6 Å². The number of carbonyl (C=O) groups excluding carboxylic acids is 1. The van der Waals surface area contributed by atoms with Crippen LogP contribution >= 0.6 is 22.9 Å². The molecule has 0 atom stereocenters. The zero-order chi connectivity index (χ0) is 15.4. The number of aryl methyl sites for hydroxylation is 2. The SMILES string of the molecule is Cc1cc(-c2nc3c(s2)C(=O)C(C)(C)CC3)cc(Cl)c1O. The molecule has 0 saturated carbocycles. The maximum absolute atomic E-state index is 12.5. The van der Waals surface area contributed by atoms with Crippen LogP contribution in [0.3, 0.4) is 0 Å². The van der Waals surface area contributed by atoms with Crippen molar-refractivity contribution >= 4 is 28.7 Å². The minimum atomic E-state index is -0.306. The summed E-state index contributed by atoms with van der Waals surface area (Å²) in [5.41, 5.74) is 2.14. The van der Waals surface area contributed by atoms with Gasteiger partial charge in [0.1, 0.15) is 10.8 Å². The number of nitrogens with zero attached hydrogens (tertiary/aromatic N) is 1. The van der Waals surface area contributed by atoms with Gasteiger partial charge in [-0.3, -0.25) is 4.79 Å². The molecule has 3 rings (SSSR count). The van der Waals surface area contributed by atoms with Crippen molar-refractivity contribution in [2.24, 2.45) is 5.41 Å². The van der Waals surface area contributed by atoms with Crippen LogP contribution in [0, 0.1) is 12.3 Å². The van der Waals surface area contributed by atoms with Crippen molar-refractivity contribution in [1.82, 2.24) is 4.98 Å². The van der Waals surface area contributed by atoms with Gasteiger partial charge in [0.25, 0.3) is 0 Å². The number of phenolic OH excluding ortho intramolecular Hbond substituents is 1. The second-order valence-electron chi connectivity index (χ2n) is 6.13. The summed E-state index contributed by atoms with van der Waals surface area (Å²) in [6.07, 6.45) is 1.66. The van der Waals surface area contributed by atoms with Crippen molar-refractivity contribution in [2.75, 3.05) is 0 Å². The molecular formula is C16H16ClNO2S. The number of aromatic hydroxyl groups is 1. The van der Waals surface area contributed by atoms with Gasteiger partial charge in [-0.2, -0.15) is 0 Å². The summed E-state index contributed by atoms with van der Waals surface area (Å²) in [6, 6.07) is 3.55. The van der Waals surface area contributed by atoms with Gasteiger partial charge in [-0.1, -0.05) is 25.4 Å². The van der Waals surface area contributed by atoms with E-state index in [0.717, 1.165) is 34.0 Å². The summed E-state index contributed by atoms with van der Waals surface area (Å²) in [6.45, 7) is 5.77. The largest absolute Gasteiger partial charge is 0.506 e. The number of phenols is 1. The fourth-order valence-corrected chi connectivity index (χ4v) is 4.02. The van der Waals surface area contributed by atoms with Crippen LogP contribution < -0.4 is 0 Å². The predicted molar refractivity (Wildman–Crippen MR) is 85.4 cm³/mol. The summed E-state index contributed by atoms with van der Waals surface area (Å²) in [4.78, 5) is 17.8. The molecule has 0 amide bonds. The van der Waals surface area contributed by atoms with E-state index in [1.165, 1.54) is 11.3 Å². The smallest absolute Gasteiger partial charge is 0.180 e. The molecular weight excluding hydrogens is 306 g/mol. The van der Waals surface area contributed by atoms with Crippen molar-refractivity contribution in [3.8, 4) is 16.3 Å². The highest BCUT2D eigenvalue weighted by Gasteiger charge is 2.36. The lowest BCUT2D eigenvalue weighted by atomic mass is 9.78. The minimum Gasteiger partial charge on any atom is -0.506 e. The molecule has 1 heterocycles. The van der Waals surface area contributed by atoms with Crippen LogP contribution in [0.1, 0.15) is 41.2 Å². The van der Waals surface area contributed by atoms with Gasteiger partial charge in [0, 0.05) is 11.0 Å². The molecule has 0 bridgehead atoms. The molecule has 0 saturated heterocycles. The highest BCUT2D eigenvalue weighted by atomic mass is 35.5. The van der Waals surface area contributed by atoms with Gasteiger partial charge in [-0.05, 0) is 37.5 Å². The van der Waals surface area contributed by atoms with Crippen molar-refractivity contribution in [1.29, 1.82) is 0 Å². The third-order valence-electron chi connectivity index (χ3n) is 4.01. The summed E-state index contributed by atoms with van der Waals surface area (Å²) < 4.78 is 0. The average Bonchev–Trinajstić information content (AvgIpc) is 2.85. The molecule has 1 aliphatic rings. The molecule has 0 unspecified atom stereocenters. The molecule has 0 aliphatic heterocycles. The quantitative estimate of drug-likeness (QED) is 0.833. The lowest BCUT2D eigenvalue weighted by molar-refractivity contribution is 0.0815. The Morgan fingerprint density at radius 3 is 2.76 bits per heavy atom. The summed E-state index contributed by atoms with van der Waals surface area (Å²) >= 11 is 7.45. The molecule has 1 aromatic carbocycles. The number of ketones is 1.